The molecule has 0 amide bonds. The number of fused-ring (bicyclic) bond motifs is 2. The van der Waals surface area contributed by atoms with Gasteiger partial charge in [-0.3, -0.25) is 4.98 Å². The molecule has 1 saturated carbocycles. The number of aliphatic hydroxyl groups excluding tert-OH is 1. The molecule has 0 bridgehead atoms. The molecule has 26 heavy (non-hydrogen) atoms. The highest BCUT2D eigenvalue weighted by atomic mass is 16.5. The lowest BCUT2D eigenvalue weighted by atomic mass is 10.1. The molecule has 140 valence electrons. The van der Waals surface area contributed by atoms with Crippen molar-refractivity contribution < 1.29 is 14.6 Å². The van der Waals surface area contributed by atoms with E-state index in [4.69, 9.17) is 19.6 Å². The first kappa shape index (κ1) is 17.4. The molecule has 2 aliphatic carbocycles. The van der Waals surface area contributed by atoms with Gasteiger partial charge in [-0.25, -0.2) is 0 Å². The van der Waals surface area contributed by atoms with E-state index in [-0.39, 0.29) is 6.61 Å². The quantitative estimate of drug-likeness (QED) is 0.671. The maximum atomic E-state index is 8.92. The van der Waals surface area contributed by atoms with Crippen LogP contribution in [0.2, 0.25) is 0 Å². The molecule has 0 atom stereocenters. The number of ether oxygens (including phenoxy) is 2. The van der Waals surface area contributed by atoms with Gasteiger partial charge in [0.05, 0.1) is 19.2 Å². The zero-order valence-electron chi connectivity index (χ0n) is 15.5. The summed E-state index contributed by atoms with van der Waals surface area (Å²) in [5, 5.41) is 13.8. The van der Waals surface area contributed by atoms with Gasteiger partial charge < -0.3 is 19.9 Å². The van der Waals surface area contributed by atoms with Crippen LogP contribution in [0.25, 0.3) is 10.9 Å². The van der Waals surface area contributed by atoms with Gasteiger partial charge >= 0.3 is 0 Å². The third-order valence-electron chi connectivity index (χ3n) is 5.37. The van der Waals surface area contributed by atoms with Crippen molar-refractivity contribution in [2.24, 2.45) is 5.92 Å². The molecule has 5 nitrogen and oxygen atoms in total. The summed E-state index contributed by atoms with van der Waals surface area (Å²) in [6.45, 7) is 1.81. The third kappa shape index (κ3) is 3.58. The van der Waals surface area contributed by atoms with Crippen LogP contribution in [0.4, 0.5) is 5.69 Å². The summed E-state index contributed by atoms with van der Waals surface area (Å²) in [5.41, 5.74) is 4.84. The molecule has 1 aromatic carbocycles. The summed E-state index contributed by atoms with van der Waals surface area (Å²) in [6.07, 6.45) is 7.59. The molecular weight excluding hydrogens is 328 g/mol. The van der Waals surface area contributed by atoms with Crippen LogP contribution >= 0.6 is 0 Å². The SMILES string of the molecule is COc1cc2c(NCC3CC3)c3c(nc2cc1OCCCCO)CCC3. The van der Waals surface area contributed by atoms with E-state index in [1.54, 1.807) is 7.11 Å². The van der Waals surface area contributed by atoms with Crippen molar-refractivity contribution in [3.05, 3.63) is 23.4 Å². The molecule has 4 rings (SSSR count). The molecule has 2 N–H and O–H groups in total. The van der Waals surface area contributed by atoms with E-state index in [9.17, 15) is 0 Å². The number of nitrogens with one attached hydrogen (secondary N) is 1. The van der Waals surface area contributed by atoms with Crippen LogP contribution in [-0.2, 0) is 12.8 Å². The Balaban J connectivity index is 1.69. The Morgan fingerprint density at radius 1 is 1.19 bits per heavy atom. The zero-order valence-corrected chi connectivity index (χ0v) is 15.5. The Morgan fingerprint density at radius 3 is 2.85 bits per heavy atom. The molecule has 2 aliphatic rings. The third-order valence-corrected chi connectivity index (χ3v) is 5.37. The smallest absolute Gasteiger partial charge is 0.163 e. The molecule has 0 unspecified atom stereocenters. The zero-order chi connectivity index (χ0) is 17.9. The first-order chi connectivity index (χ1) is 12.8. The van der Waals surface area contributed by atoms with Crippen molar-refractivity contribution in [2.45, 2.75) is 44.9 Å². The topological polar surface area (TPSA) is 63.6 Å². The number of aromatic nitrogens is 1. The standard InChI is InChI=1S/C21H28N2O3/c1-25-19-11-16-18(12-20(19)26-10-3-2-9-24)23-17-6-4-5-15(17)21(16)22-13-14-7-8-14/h11-12,14,24H,2-10,13H2,1H3,(H,22,23). The van der Waals surface area contributed by atoms with E-state index in [0.29, 0.717) is 6.61 Å². The van der Waals surface area contributed by atoms with Gasteiger partial charge in [0, 0.05) is 36.0 Å². The summed E-state index contributed by atoms with van der Waals surface area (Å²) < 4.78 is 11.5. The predicted molar refractivity (Wildman–Crippen MR) is 103 cm³/mol. The summed E-state index contributed by atoms with van der Waals surface area (Å²) >= 11 is 0. The predicted octanol–water partition coefficient (Wildman–Crippen LogP) is 3.71. The van der Waals surface area contributed by atoms with Gasteiger partial charge in [-0.05, 0) is 62.5 Å². The Bertz CT molecular complexity index is 787. The van der Waals surface area contributed by atoms with Crippen molar-refractivity contribution in [3.63, 3.8) is 0 Å². The molecule has 0 aliphatic heterocycles. The van der Waals surface area contributed by atoms with E-state index in [0.717, 1.165) is 60.5 Å². The van der Waals surface area contributed by atoms with Gasteiger partial charge in [0.25, 0.3) is 0 Å². The van der Waals surface area contributed by atoms with E-state index in [1.807, 2.05) is 6.07 Å². The highest BCUT2D eigenvalue weighted by Gasteiger charge is 2.25. The van der Waals surface area contributed by atoms with Crippen LogP contribution in [0.5, 0.6) is 11.5 Å². The van der Waals surface area contributed by atoms with E-state index in [2.05, 4.69) is 11.4 Å². The summed E-state index contributed by atoms with van der Waals surface area (Å²) in [5.74, 6) is 2.30. The van der Waals surface area contributed by atoms with Crippen LogP contribution in [0.1, 0.15) is 43.4 Å². The maximum absolute atomic E-state index is 8.92. The molecule has 0 saturated heterocycles. The molecule has 1 fully saturated rings. The molecule has 0 radical (unpaired) electrons. The number of hydrogen-bond donors (Lipinski definition) is 2. The summed E-state index contributed by atoms with van der Waals surface area (Å²) in [7, 11) is 1.68. The minimum atomic E-state index is 0.196. The molecule has 1 aromatic heterocycles. The molecule has 2 aromatic rings. The number of methoxy groups -OCH3 is 1. The monoisotopic (exact) mass is 356 g/mol. The fourth-order valence-electron chi connectivity index (χ4n) is 3.71. The van der Waals surface area contributed by atoms with Crippen LogP contribution in [0.15, 0.2) is 12.1 Å². The van der Waals surface area contributed by atoms with Crippen molar-refractivity contribution >= 4 is 16.6 Å². The number of benzene rings is 1. The number of nitrogens with zero attached hydrogens (tertiary/aromatic N) is 1. The maximum Gasteiger partial charge on any atom is 0.163 e. The van der Waals surface area contributed by atoms with Crippen LogP contribution in [-0.4, -0.2) is 37.0 Å². The highest BCUT2D eigenvalue weighted by molar-refractivity contribution is 5.96. The second-order valence-electron chi connectivity index (χ2n) is 7.39. The van der Waals surface area contributed by atoms with E-state index >= 15 is 0 Å². The fourth-order valence-corrected chi connectivity index (χ4v) is 3.71. The Hall–Kier alpha value is -2.01. The lowest BCUT2D eigenvalue weighted by Gasteiger charge is -2.17. The van der Waals surface area contributed by atoms with Crippen LogP contribution < -0.4 is 14.8 Å². The Morgan fingerprint density at radius 2 is 2.08 bits per heavy atom. The fraction of sp³-hybridized carbons (Fsp3) is 0.571. The van der Waals surface area contributed by atoms with Crippen molar-refractivity contribution in [2.75, 3.05) is 32.2 Å². The largest absolute Gasteiger partial charge is 0.493 e. The average molecular weight is 356 g/mol. The first-order valence-electron chi connectivity index (χ1n) is 9.81. The minimum Gasteiger partial charge on any atom is -0.493 e. The number of aryl methyl sites for hydroxylation is 1. The lowest BCUT2D eigenvalue weighted by molar-refractivity contribution is 0.247. The average Bonchev–Trinajstić information content (AvgIpc) is 3.37. The molecule has 1 heterocycles. The van der Waals surface area contributed by atoms with Gasteiger partial charge in [-0.2, -0.15) is 0 Å². The number of aliphatic hydroxyl groups is 1. The molecule has 5 heteroatoms. The van der Waals surface area contributed by atoms with Gasteiger partial charge in [0.15, 0.2) is 11.5 Å². The van der Waals surface area contributed by atoms with Crippen molar-refractivity contribution in [1.29, 1.82) is 0 Å². The van der Waals surface area contributed by atoms with Gasteiger partial charge in [-0.1, -0.05) is 0 Å². The van der Waals surface area contributed by atoms with Gasteiger partial charge in [0.2, 0.25) is 0 Å². The van der Waals surface area contributed by atoms with Crippen LogP contribution in [0.3, 0.4) is 0 Å². The Labute approximate surface area is 154 Å². The number of anilines is 1. The molecule has 0 spiro atoms. The van der Waals surface area contributed by atoms with Crippen LogP contribution in [0, 0.1) is 5.92 Å². The highest BCUT2D eigenvalue weighted by Crippen LogP contribution is 2.40. The number of unbranched alkanes of at least 4 members (excludes halogenated alkanes) is 1. The number of pyridine rings is 1. The van der Waals surface area contributed by atoms with Gasteiger partial charge in [-0.15, -0.1) is 0 Å². The first-order valence-corrected chi connectivity index (χ1v) is 9.81. The lowest BCUT2D eigenvalue weighted by Crippen LogP contribution is -2.08. The Kier molecular flexibility index (Phi) is 5.16. The summed E-state index contributed by atoms with van der Waals surface area (Å²) in [6, 6.07) is 4.07. The van der Waals surface area contributed by atoms with E-state index < -0.39 is 0 Å². The number of rotatable bonds is 9. The van der Waals surface area contributed by atoms with Crippen molar-refractivity contribution in [3.8, 4) is 11.5 Å². The second kappa shape index (κ2) is 7.70. The summed E-state index contributed by atoms with van der Waals surface area (Å²) in [4.78, 5) is 4.92. The molecular formula is C21H28N2O3. The number of hydrogen-bond acceptors (Lipinski definition) is 5. The van der Waals surface area contributed by atoms with Gasteiger partial charge in [0.1, 0.15) is 0 Å². The normalized spacial score (nSPS) is 15.9. The van der Waals surface area contributed by atoms with E-state index in [1.165, 1.54) is 36.2 Å². The van der Waals surface area contributed by atoms with Crippen molar-refractivity contribution in [1.82, 2.24) is 4.98 Å². The minimum absolute atomic E-state index is 0.196. The second-order valence-corrected chi connectivity index (χ2v) is 7.39.